The molecule has 0 saturated heterocycles. The van der Waals surface area contributed by atoms with E-state index in [9.17, 15) is 0 Å². The van der Waals surface area contributed by atoms with E-state index in [0.717, 1.165) is 5.56 Å². The summed E-state index contributed by atoms with van der Waals surface area (Å²) in [5, 5.41) is 11.4. The Balaban J connectivity index is 3.03. The number of rotatable bonds is 2. The van der Waals surface area contributed by atoms with Crippen molar-refractivity contribution in [2.45, 2.75) is 33.7 Å². The van der Waals surface area contributed by atoms with E-state index in [0.29, 0.717) is 5.84 Å². The third-order valence-corrected chi connectivity index (χ3v) is 2.69. The largest absolute Gasteiger partial charge is 0.277 e. The Hall–Kier alpha value is -1.89. The van der Waals surface area contributed by atoms with Gasteiger partial charge in [0.25, 0.3) is 0 Å². The van der Waals surface area contributed by atoms with E-state index in [-0.39, 0.29) is 11.5 Å². The van der Waals surface area contributed by atoms with Crippen molar-refractivity contribution in [1.82, 2.24) is 10.3 Å². The number of aromatic nitrogens is 1. The van der Waals surface area contributed by atoms with E-state index in [1.807, 2.05) is 25.2 Å². The van der Waals surface area contributed by atoms with Gasteiger partial charge in [-0.25, -0.2) is 0 Å². The smallest absolute Gasteiger partial charge is 0.182 e. The molecule has 0 amide bonds. The van der Waals surface area contributed by atoms with Crippen molar-refractivity contribution in [2.75, 3.05) is 0 Å². The molecule has 1 unspecified atom stereocenters. The lowest BCUT2D eigenvalue weighted by Crippen LogP contribution is -2.27. The first kappa shape index (κ1) is 13.2. The first-order chi connectivity index (χ1) is 7.95. The van der Waals surface area contributed by atoms with Crippen LogP contribution < -0.4 is 5.32 Å². The number of nitrogens with zero attached hydrogens (tertiary/aromatic N) is 3. The summed E-state index contributed by atoms with van der Waals surface area (Å²) in [5.74, 6) is 0.572. The Kier molecular flexibility index (Phi) is 4.22. The Morgan fingerprint density at radius 2 is 2.24 bits per heavy atom. The molecule has 0 radical (unpaired) electrons. The molecule has 0 aliphatic heterocycles. The van der Waals surface area contributed by atoms with Gasteiger partial charge in [-0.1, -0.05) is 20.8 Å². The first-order valence-corrected chi connectivity index (χ1v) is 5.58. The molecule has 1 rings (SSSR count). The van der Waals surface area contributed by atoms with Crippen LogP contribution in [0.4, 0.5) is 0 Å². The van der Waals surface area contributed by atoms with Gasteiger partial charge in [-0.3, -0.25) is 15.3 Å². The summed E-state index contributed by atoms with van der Waals surface area (Å²) in [6, 6.07) is 3.82. The molecule has 0 aliphatic rings. The van der Waals surface area contributed by atoms with Crippen LogP contribution in [0.5, 0.6) is 0 Å². The van der Waals surface area contributed by atoms with E-state index in [2.05, 4.69) is 36.1 Å². The third-order valence-electron chi connectivity index (χ3n) is 2.69. The molecule has 0 saturated carbocycles. The van der Waals surface area contributed by atoms with E-state index in [1.54, 1.807) is 12.4 Å². The Bertz CT molecular complexity index is 423. The highest BCUT2D eigenvalue weighted by atomic mass is 15.0. The lowest BCUT2D eigenvalue weighted by molar-refractivity contribution is 0.341. The fourth-order valence-corrected chi connectivity index (χ4v) is 1.12. The number of hydrogen-bond donors (Lipinski definition) is 1. The SMILES string of the molecule is CC(N=C(NC#N)c1cccnc1)C(C)(C)C. The molecule has 0 aromatic carbocycles. The van der Waals surface area contributed by atoms with Crippen molar-refractivity contribution < 1.29 is 0 Å². The number of hydrogen-bond acceptors (Lipinski definition) is 3. The van der Waals surface area contributed by atoms with Crippen LogP contribution >= 0.6 is 0 Å². The monoisotopic (exact) mass is 230 g/mol. The summed E-state index contributed by atoms with van der Waals surface area (Å²) < 4.78 is 0. The molecule has 0 fully saturated rings. The minimum Gasteiger partial charge on any atom is -0.277 e. The molecule has 1 aromatic heterocycles. The Morgan fingerprint density at radius 3 is 2.71 bits per heavy atom. The normalized spacial score (nSPS) is 13.9. The predicted molar refractivity (Wildman–Crippen MR) is 68.4 cm³/mol. The Morgan fingerprint density at radius 1 is 1.53 bits per heavy atom. The molecule has 0 bridgehead atoms. The van der Waals surface area contributed by atoms with Crippen LogP contribution in [0.25, 0.3) is 0 Å². The summed E-state index contributed by atoms with van der Waals surface area (Å²) in [6.07, 6.45) is 5.30. The first-order valence-electron chi connectivity index (χ1n) is 5.58. The molecule has 90 valence electrons. The molecule has 4 nitrogen and oxygen atoms in total. The van der Waals surface area contributed by atoms with Crippen molar-refractivity contribution in [3.63, 3.8) is 0 Å². The van der Waals surface area contributed by atoms with E-state index in [1.165, 1.54) is 0 Å². The van der Waals surface area contributed by atoms with Gasteiger partial charge in [-0.2, -0.15) is 5.26 Å². The van der Waals surface area contributed by atoms with Crippen molar-refractivity contribution in [2.24, 2.45) is 10.4 Å². The van der Waals surface area contributed by atoms with Gasteiger partial charge in [-0.15, -0.1) is 0 Å². The number of nitrogens with one attached hydrogen (secondary N) is 1. The van der Waals surface area contributed by atoms with Crippen LogP contribution in [0.2, 0.25) is 0 Å². The van der Waals surface area contributed by atoms with Gasteiger partial charge < -0.3 is 0 Å². The molecule has 1 atom stereocenters. The Labute approximate surface area is 102 Å². The van der Waals surface area contributed by atoms with Crippen molar-refractivity contribution in [3.05, 3.63) is 30.1 Å². The quantitative estimate of drug-likeness (QED) is 0.367. The number of pyridine rings is 1. The molecule has 1 heterocycles. The maximum Gasteiger partial charge on any atom is 0.182 e. The minimum absolute atomic E-state index is 0.0601. The molecule has 1 aromatic rings. The van der Waals surface area contributed by atoms with Crippen LogP contribution in [0.3, 0.4) is 0 Å². The average Bonchev–Trinajstić information content (AvgIpc) is 2.28. The van der Waals surface area contributed by atoms with E-state index in [4.69, 9.17) is 5.26 Å². The molecular formula is C13H18N4. The number of nitriles is 1. The molecule has 4 heteroatoms. The van der Waals surface area contributed by atoms with Crippen LogP contribution in [0.1, 0.15) is 33.3 Å². The lowest BCUT2D eigenvalue weighted by Gasteiger charge is -2.24. The highest BCUT2D eigenvalue weighted by Crippen LogP contribution is 2.22. The zero-order valence-electron chi connectivity index (χ0n) is 10.7. The van der Waals surface area contributed by atoms with Gasteiger partial charge in [0.05, 0.1) is 6.04 Å². The van der Waals surface area contributed by atoms with E-state index >= 15 is 0 Å². The average molecular weight is 230 g/mol. The van der Waals surface area contributed by atoms with Gasteiger partial charge in [0.2, 0.25) is 0 Å². The zero-order chi connectivity index (χ0) is 12.9. The highest BCUT2D eigenvalue weighted by molar-refractivity contribution is 5.99. The van der Waals surface area contributed by atoms with Gasteiger partial charge in [0, 0.05) is 18.0 Å². The number of aliphatic imine (C=N–C) groups is 1. The van der Waals surface area contributed by atoms with Crippen molar-refractivity contribution in [1.29, 1.82) is 5.26 Å². The molecule has 17 heavy (non-hydrogen) atoms. The predicted octanol–water partition coefficient (Wildman–Crippen LogP) is 2.33. The van der Waals surface area contributed by atoms with Gasteiger partial charge in [0.15, 0.2) is 6.19 Å². The van der Waals surface area contributed by atoms with Gasteiger partial charge in [0.1, 0.15) is 5.84 Å². The summed E-state index contributed by atoms with van der Waals surface area (Å²) >= 11 is 0. The van der Waals surface area contributed by atoms with Crippen molar-refractivity contribution in [3.8, 4) is 6.19 Å². The second kappa shape index (κ2) is 5.44. The van der Waals surface area contributed by atoms with Crippen LogP contribution in [0.15, 0.2) is 29.5 Å². The molecule has 1 N–H and O–H groups in total. The summed E-state index contributed by atoms with van der Waals surface area (Å²) in [5.41, 5.74) is 0.884. The standard InChI is InChI=1S/C13H18N4/c1-10(13(2,3)4)17-12(16-9-14)11-6-5-7-15-8-11/h5-8,10H,1-4H3,(H,16,17). The van der Waals surface area contributed by atoms with Crippen LogP contribution in [0, 0.1) is 16.9 Å². The van der Waals surface area contributed by atoms with Crippen LogP contribution in [-0.2, 0) is 0 Å². The molecule has 0 aliphatic carbocycles. The van der Waals surface area contributed by atoms with Gasteiger partial charge in [-0.05, 0) is 24.5 Å². The highest BCUT2D eigenvalue weighted by Gasteiger charge is 2.20. The van der Waals surface area contributed by atoms with Crippen molar-refractivity contribution >= 4 is 5.84 Å². The maximum atomic E-state index is 8.75. The number of amidine groups is 1. The summed E-state index contributed by atoms with van der Waals surface area (Å²) in [4.78, 5) is 8.58. The zero-order valence-corrected chi connectivity index (χ0v) is 10.7. The van der Waals surface area contributed by atoms with Crippen LogP contribution in [-0.4, -0.2) is 16.9 Å². The topological polar surface area (TPSA) is 61.1 Å². The third kappa shape index (κ3) is 3.87. The summed E-state index contributed by atoms with van der Waals surface area (Å²) in [6.45, 7) is 8.40. The second-order valence-electron chi connectivity index (χ2n) is 5.00. The second-order valence-corrected chi connectivity index (χ2v) is 5.00. The summed E-state index contributed by atoms with van der Waals surface area (Å²) in [7, 11) is 0. The fraction of sp³-hybridized carbons (Fsp3) is 0.462. The fourth-order valence-electron chi connectivity index (χ4n) is 1.12. The molecule has 0 spiro atoms. The maximum absolute atomic E-state index is 8.75. The van der Waals surface area contributed by atoms with Gasteiger partial charge >= 0.3 is 0 Å². The van der Waals surface area contributed by atoms with E-state index < -0.39 is 0 Å². The minimum atomic E-state index is 0.0601. The lowest BCUT2D eigenvalue weighted by atomic mass is 9.88. The molecular weight excluding hydrogens is 212 g/mol.